The fourth-order valence-corrected chi connectivity index (χ4v) is 3.16. The molecular weight excluding hydrogens is 222 g/mol. The average molecular weight is 233 g/mol. The monoisotopic (exact) mass is 233 g/mol. The molecule has 1 aliphatic heterocycles. The van der Waals surface area contributed by atoms with E-state index in [1.807, 2.05) is 23.9 Å². The van der Waals surface area contributed by atoms with Crippen molar-refractivity contribution in [3.63, 3.8) is 0 Å². The van der Waals surface area contributed by atoms with Crippen LogP contribution in [-0.2, 0) is 0 Å². The lowest BCUT2D eigenvalue weighted by Crippen LogP contribution is -2.01. The van der Waals surface area contributed by atoms with Crippen LogP contribution < -0.4 is 0 Å². The van der Waals surface area contributed by atoms with Crippen LogP contribution in [0.5, 0.6) is 0 Å². The molecule has 5 heteroatoms. The first-order valence-corrected chi connectivity index (χ1v) is 6.42. The fraction of sp³-hybridized carbons (Fsp3) is 0.364. The van der Waals surface area contributed by atoms with Crippen molar-refractivity contribution < 1.29 is 4.79 Å². The van der Waals surface area contributed by atoms with Crippen LogP contribution >= 0.6 is 11.8 Å². The molecule has 0 bridgehead atoms. The van der Waals surface area contributed by atoms with Crippen molar-refractivity contribution in [1.82, 2.24) is 14.6 Å². The normalized spacial score (nSPS) is 20.4. The van der Waals surface area contributed by atoms with Crippen LogP contribution in [0.15, 0.2) is 18.2 Å². The summed E-state index contributed by atoms with van der Waals surface area (Å²) in [6.45, 7) is 0. The van der Waals surface area contributed by atoms with Crippen molar-refractivity contribution in [2.75, 3.05) is 11.5 Å². The lowest BCUT2D eigenvalue weighted by Gasteiger charge is -1.99. The van der Waals surface area contributed by atoms with Gasteiger partial charge in [-0.25, -0.2) is 9.50 Å². The van der Waals surface area contributed by atoms with Crippen molar-refractivity contribution in [2.24, 2.45) is 0 Å². The van der Waals surface area contributed by atoms with Gasteiger partial charge in [-0.1, -0.05) is 6.07 Å². The van der Waals surface area contributed by atoms with Gasteiger partial charge < -0.3 is 0 Å². The highest BCUT2D eigenvalue weighted by atomic mass is 32.2. The molecule has 0 spiro atoms. The second-order valence-corrected chi connectivity index (χ2v) is 5.02. The summed E-state index contributed by atoms with van der Waals surface area (Å²) >= 11 is 1.94. The van der Waals surface area contributed by atoms with Crippen LogP contribution in [0.2, 0.25) is 0 Å². The summed E-state index contributed by atoms with van der Waals surface area (Å²) in [5, 5.41) is 4.43. The minimum atomic E-state index is 0.449. The smallest absolute Gasteiger partial charge is 0.168 e. The maximum Gasteiger partial charge on any atom is 0.168 e. The van der Waals surface area contributed by atoms with Gasteiger partial charge in [-0.15, -0.1) is 0 Å². The molecule has 1 saturated heterocycles. The van der Waals surface area contributed by atoms with Crippen LogP contribution in [0.4, 0.5) is 0 Å². The topological polar surface area (TPSA) is 47.3 Å². The van der Waals surface area contributed by atoms with E-state index in [0.717, 1.165) is 29.9 Å². The lowest BCUT2D eigenvalue weighted by molar-refractivity contribution is 0.111. The molecule has 0 aromatic carbocycles. The Morgan fingerprint density at radius 3 is 3.19 bits per heavy atom. The van der Waals surface area contributed by atoms with Crippen LogP contribution in [-0.4, -0.2) is 32.4 Å². The van der Waals surface area contributed by atoms with E-state index in [1.165, 1.54) is 5.75 Å². The predicted molar refractivity (Wildman–Crippen MR) is 63.1 cm³/mol. The van der Waals surface area contributed by atoms with E-state index in [9.17, 15) is 4.79 Å². The largest absolute Gasteiger partial charge is 0.296 e. The molecular formula is C11H11N3OS. The van der Waals surface area contributed by atoms with Gasteiger partial charge in [-0.05, 0) is 24.3 Å². The van der Waals surface area contributed by atoms with E-state index in [4.69, 9.17) is 0 Å². The van der Waals surface area contributed by atoms with Gasteiger partial charge >= 0.3 is 0 Å². The van der Waals surface area contributed by atoms with Gasteiger partial charge in [0.25, 0.3) is 0 Å². The summed E-state index contributed by atoms with van der Waals surface area (Å²) in [4.78, 5) is 15.3. The summed E-state index contributed by atoms with van der Waals surface area (Å²) in [6, 6.07) is 5.47. The third-order valence-corrected chi connectivity index (χ3v) is 3.98. The van der Waals surface area contributed by atoms with Crippen LogP contribution in [0, 0.1) is 0 Å². The van der Waals surface area contributed by atoms with E-state index in [1.54, 1.807) is 10.6 Å². The summed E-state index contributed by atoms with van der Waals surface area (Å²) in [5.74, 6) is 3.59. The van der Waals surface area contributed by atoms with Gasteiger partial charge in [0.2, 0.25) is 0 Å². The number of fused-ring (bicyclic) bond motifs is 1. The molecule has 82 valence electrons. The molecule has 16 heavy (non-hydrogen) atoms. The first-order chi connectivity index (χ1) is 7.88. The fourth-order valence-electron chi connectivity index (χ4n) is 1.94. The number of rotatable bonds is 2. The van der Waals surface area contributed by atoms with Crippen LogP contribution in [0.1, 0.15) is 28.7 Å². The van der Waals surface area contributed by atoms with Gasteiger partial charge in [0.05, 0.1) is 0 Å². The molecule has 0 radical (unpaired) electrons. The van der Waals surface area contributed by atoms with Crippen molar-refractivity contribution in [2.45, 2.75) is 12.3 Å². The maximum atomic E-state index is 10.9. The minimum absolute atomic E-state index is 0.449. The standard InChI is InChI=1S/C11H11N3OS/c15-6-9-2-1-3-10-12-11(13-14(9)10)8-4-5-16-7-8/h1-3,6,8H,4-5,7H2. The SMILES string of the molecule is O=Cc1cccc2nc(C3CCSC3)nn12. The number of hydrogen-bond donors (Lipinski definition) is 0. The lowest BCUT2D eigenvalue weighted by atomic mass is 10.1. The first-order valence-electron chi connectivity index (χ1n) is 5.27. The Morgan fingerprint density at radius 1 is 1.50 bits per heavy atom. The minimum Gasteiger partial charge on any atom is -0.296 e. The molecule has 3 heterocycles. The van der Waals surface area contributed by atoms with Gasteiger partial charge in [-0.2, -0.15) is 16.9 Å². The van der Waals surface area contributed by atoms with E-state index in [0.29, 0.717) is 11.6 Å². The number of carbonyl (C=O) groups excluding carboxylic acids is 1. The molecule has 0 N–H and O–H groups in total. The number of thioether (sulfide) groups is 1. The van der Waals surface area contributed by atoms with Gasteiger partial charge in [0.1, 0.15) is 5.69 Å². The Hall–Kier alpha value is -1.36. The maximum absolute atomic E-state index is 10.9. The molecule has 1 aliphatic rings. The molecule has 1 fully saturated rings. The number of aldehydes is 1. The zero-order valence-corrected chi connectivity index (χ0v) is 9.48. The molecule has 0 aliphatic carbocycles. The zero-order chi connectivity index (χ0) is 11.0. The highest BCUT2D eigenvalue weighted by Gasteiger charge is 2.22. The summed E-state index contributed by atoms with van der Waals surface area (Å²) < 4.78 is 1.63. The quantitative estimate of drug-likeness (QED) is 0.742. The van der Waals surface area contributed by atoms with Crippen molar-refractivity contribution in [1.29, 1.82) is 0 Å². The van der Waals surface area contributed by atoms with Gasteiger partial charge in [0, 0.05) is 11.7 Å². The van der Waals surface area contributed by atoms with Crippen molar-refractivity contribution in [3.05, 3.63) is 29.7 Å². The number of aromatic nitrogens is 3. The van der Waals surface area contributed by atoms with E-state index in [2.05, 4.69) is 10.1 Å². The van der Waals surface area contributed by atoms with Gasteiger partial charge in [0.15, 0.2) is 17.8 Å². The molecule has 2 aromatic rings. The summed E-state index contributed by atoms with van der Waals surface area (Å²) in [6.07, 6.45) is 1.95. The first kappa shape index (κ1) is 9.84. The van der Waals surface area contributed by atoms with Crippen LogP contribution in [0.25, 0.3) is 5.65 Å². The highest BCUT2D eigenvalue weighted by Crippen LogP contribution is 2.30. The van der Waals surface area contributed by atoms with E-state index >= 15 is 0 Å². The second-order valence-electron chi connectivity index (χ2n) is 3.87. The summed E-state index contributed by atoms with van der Waals surface area (Å²) in [5.41, 5.74) is 1.32. The molecule has 1 atom stereocenters. The Bertz CT molecular complexity index is 531. The van der Waals surface area contributed by atoms with Crippen LogP contribution in [0.3, 0.4) is 0 Å². The molecule has 3 rings (SSSR count). The van der Waals surface area contributed by atoms with Crippen molar-refractivity contribution >= 4 is 23.7 Å². The molecule has 2 aromatic heterocycles. The van der Waals surface area contributed by atoms with Gasteiger partial charge in [-0.3, -0.25) is 4.79 Å². The number of nitrogens with zero attached hydrogens (tertiary/aromatic N) is 3. The Balaban J connectivity index is 2.11. The summed E-state index contributed by atoms with van der Waals surface area (Å²) in [7, 11) is 0. The Morgan fingerprint density at radius 2 is 2.44 bits per heavy atom. The molecule has 4 nitrogen and oxygen atoms in total. The second kappa shape index (κ2) is 3.90. The van der Waals surface area contributed by atoms with E-state index < -0.39 is 0 Å². The molecule has 0 saturated carbocycles. The third kappa shape index (κ3) is 1.51. The zero-order valence-electron chi connectivity index (χ0n) is 8.67. The number of carbonyl (C=O) groups is 1. The number of pyridine rings is 1. The Labute approximate surface area is 97.1 Å². The average Bonchev–Trinajstić information content (AvgIpc) is 2.96. The molecule has 1 unspecified atom stereocenters. The third-order valence-electron chi connectivity index (χ3n) is 2.82. The van der Waals surface area contributed by atoms with Crippen molar-refractivity contribution in [3.8, 4) is 0 Å². The highest BCUT2D eigenvalue weighted by molar-refractivity contribution is 7.99. The molecule has 0 amide bonds. The predicted octanol–water partition coefficient (Wildman–Crippen LogP) is 1.76. The number of hydrogen-bond acceptors (Lipinski definition) is 4. The Kier molecular flexibility index (Phi) is 2.40. The van der Waals surface area contributed by atoms with E-state index in [-0.39, 0.29) is 0 Å².